The lowest BCUT2D eigenvalue weighted by molar-refractivity contribution is 0.246. The number of primary amides is 2. The Bertz CT molecular complexity index is 944. The van der Waals surface area contributed by atoms with E-state index in [9.17, 15) is 9.59 Å². The smallest absolute Gasteiger partial charge is 0.319 e. The molecule has 0 aliphatic heterocycles. The minimum absolute atomic E-state index is 0.424. The van der Waals surface area contributed by atoms with Crippen molar-refractivity contribution >= 4 is 23.4 Å². The van der Waals surface area contributed by atoms with Crippen LogP contribution in [0.1, 0.15) is 90.2 Å². The second-order valence-corrected chi connectivity index (χ2v) is 11.6. The number of nitrogens with zero attached hydrogens (tertiary/aromatic N) is 4. The summed E-state index contributed by atoms with van der Waals surface area (Å²) >= 11 is 0. The lowest BCUT2D eigenvalue weighted by atomic mass is 10.0. The molecule has 2 rings (SSSR count). The first-order valence-corrected chi connectivity index (χ1v) is 16.6. The predicted octanol–water partition coefficient (Wildman–Crippen LogP) is 6.85. The Morgan fingerprint density at radius 1 is 0.488 bits per heavy atom. The van der Waals surface area contributed by atoms with Crippen LogP contribution in [0.15, 0.2) is 48.5 Å². The molecule has 4 N–H and O–H groups in total. The second kappa shape index (κ2) is 20.7. The third kappa shape index (κ3) is 13.4. The van der Waals surface area contributed by atoms with E-state index < -0.39 is 12.1 Å². The number of nitrogens with two attached hydrogens (primary N) is 2. The molecular weight excluding hydrogens is 536 g/mol. The van der Waals surface area contributed by atoms with Crippen LogP contribution >= 0.6 is 0 Å². The standard InChI is InChI=1S/C35H58N6O2/c1-5-9-21-38(22-10-6-2)25-27-40(34(36)42)32-17-13-30(14-18-32)29-31-15-19-33(20-16-31)41(35(37)43)28-26-39(23-11-7-3)24-12-8-4/h13-20H,5-12,21-29H2,1-4H3,(H2,36,42)(H2,37,43). The average Bonchev–Trinajstić information content (AvgIpc) is 3.00. The summed E-state index contributed by atoms with van der Waals surface area (Å²) in [5.74, 6) is 0. The number of benzene rings is 2. The summed E-state index contributed by atoms with van der Waals surface area (Å²) in [6.45, 7) is 15.8. The van der Waals surface area contributed by atoms with Gasteiger partial charge in [-0.25, -0.2) is 9.59 Å². The maximum atomic E-state index is 12.3. The quantitative estimate of drug-likeness (QED) is 0.156. The molecule has 0 heterocycles. The molecule has 0 aromatic heterocycles. The van der Waals surface area contributed by atoms with Gasteiger partial charge in [0.2, 0.25) is 0 Å². The highest BCUT2D eigenvalue weighted by atomic mass is 16.2. The fraction of sp³-hybridized carbons (Fsp3) is 0.600. The SMILES string of the molecule is CCCCN(CCCC)CCN(C(N)=O)c1ccc(Cc2ccc(N(CCN(CCCC)CCCC)C(N)=O)cc2)cc1. The first-order valence-electron chi connectivity index (χ1n) is 16.6. The molecule has 8 heteroatoms. The van der Waals surface area contributed by atoms with Gasteiger partial charge in [0.15, 0.2) is 0 Å². The van der Waals surface area contributed by atoms with Crippen LogP contribution in [0.25, 0.3) is 0 Å². The van der Waals surface area contributed by atoms with Gasteiger partial charge in [-0.05, 0) is 93.7 Å². The number of unbranched alkanes of at least 4 members (excludes halogenated alkanes) is 4. The molecule has 0 saturated carbocycles. The zero-order chi connectivity index (χ0) is 31.5. The van der Waals surface area contributed by atoms with E-state index in [1.807, 2.05) is 24.3 Å². The van der Waals surface area contributed by atoms with Crippen LogP contribution in [0, 0.1) is 0 Å². The van der Waals surface area contributed by atoms with Gasteiger partial charge in [0.05, 0.1) is 0 Å². The number of carbonyl (C=O) groups excluding carboxylic acids is 2. The summed E-state index contributed by atoms with van der Waals surface area (Å²) in [6.07, 6.45) is 10.0. The molecule has 0 aliphatic carbocycles. The first kappa shape index (κ1) is 36.1. The second-order valence-electron chi connectivity index (χ2n) is 11.6. The van der Waals surface area contributed by atoms with E-state index in [0.29, 0.717) is 13.1 Å². The topological polar surface area (TPSA) is 99.1 Å². The fourth-order valence-electron chi connectivity index (χ4n) is 5.24. The Kier molecular flexibility index (Phi) is 17.4. The molecule has 0 saturated heterocycles. The van der Waals surface area contributed by atoms with Gasteiger partial charge in [0.25, 0.3) is 0 Å². The van der Waals surface area contributed by atoms with E-state index in [2.05, 4.69) is 61.8 Å². The van der Waals surface area contributed by atoms with E-state index in [1.165, 1.54) is 0 Å². The maximum absolute atomic E-state index is 12.3. The lowest BCUT2D eigenvalue weighted by Crippen LogP contribution is -2.42. The summed E-state index contributed by atoms with van der Waals surface area (Å²) in [4.78, 5) is 32.9. The molecule has 240 valence electrons. The van der Waals surface area contributed by atoms with Crippen LogP contribution in [-0.2, 0) is 6.42 Å². The van der Waals surface area contributed by atoms with Gasteiger partial charge >= 0.3 is 12.1 Å². The monoisotopic (exact) mass is 594 g/mol. The van der Waals surface area contributed by atoms with Crippen molar-refractivity contribution in [2.75, 3.05) is 62.2 Å². The zero-order valence-corrected chi connectivity index (χ0v) is 27.4. The van der Waals surface area contributed by atoms with Gasteiger partial charge in [0, 0.05) is 37.6 Å². The third-order valence-corrected chi connectivity index (χ3v) is 8.03. The molecular formula is C35H58N6O2. The van der Waals surface area contributed by atoms with Crippen LogP contribution in [0.5, 0.6) is 0 Å². The third-order valence-electron chi connectivity index (χ3n) is 8.03. The van der Waals surface area contributed by atoms with Gasteiger partial charge in [-0.15, -0.1) is 0 Å². The molecule has 2 aromatic carbocycles. The molecule has 4 amide bonds. The van der Waals surface area contributed by atoms with Crippen LogP contribution < -0.4 is 21.3 Å². The highest BCUT2D eigenvalue weighted by molar-refractivity contribution is 5.91. The van der Waals surface area contributed by atoms with Gasteiger partial charge in [-0.1, -0.05) is 77.6 Å². The Morgan fingerprint density at radius 2 is 0.791 bits per heavy atom. The first-order chi connectivity index (χ1) is 20.8. The fourth-order valence-corrected chi connectivity index (χ4v) is 5.24. The van der Waals surface area contributed by atoms with E-state index in [0.717, 1.165) is 120 Å². The molecule has 0 atom stereocenters. The number of rotatable bonds is 22. The average molecular weight is 595 g/mol. The lowest BCUT2D eigenvalue weighted by Gasteiger charge is -2.27. The van der Waals surface area contributed by atoms with Crippen molar-refractivity contribution in [2.45, 2.75) is 85.5 Å². The Hall–Kier alpha value is -3.10. The highest BCUT2D eigenvalue weighted by Gasteiger charge is 2.16. The minimum atomic E-state index is -0.424. The number of anilines is 2. The molecule has 0 spiro atoms. The van der Waals surface area contributed by atoms with E-state index in [1.54, 1.807) is 9.80 Å². The molecule has 0 radical (unpaired) electrons. The Morgan fingerprint density at radius 3 is 1.05 bits per heavy atom. The Labute approximate surface area is 261 Å². The van der Waals surface area contributed by atoms with Crippen LogP contribution in [0.2, 0.25) is 0 Å². The van der Waals surface area contributed by atoms with E-state index >= 15 is 0 Å². The zero-order valence-electron chi connectivity index (χ0n) is 27.4. The summed E-state index contributed by atoms with van der Waals surface area (Å²) in [7, 11) is 0. The normalized spacial score (nSPS) is 11.3. The molecule has 0 aliphatic rings. The van der Waals surface area contributed by atoms with Gasteiger partial charge in [-0.3, -0.25) is 9.80 Å². The van der Waals surface area contributed by atoms with Crippen molar-refractivity contribution < 1.29 is 9.59 Å². The summed E-state index contributed by atoms with van der Waals surface area (Å²) in [5, 5.41) is 0. The number of urea groups is 2. The van der Waals surface area contributed by atoms with Crippen molar-refractivity contribution in [2.24, 2.45) is 11.5 Å². The number of carbonyl (C=O) groups is 2. The van der Waals surface area contributed by atoms with Crippen molar-refractivity contribution in [3.05, 3.63) is 59.7 Å². The van der Waals surface area contributed by atoms with Gasteiger partial charge < -0.3 is 21.3 Å². The van der Waals surface area contributed by atoms with Crippen LogP contribution in [0.3, 0.4) is 0 Å². The molecule has 0 bridgehead atoms. The van der Waals surface area contributed by atoms with Crippen molar-refractivity contribution in [3.8, 4) is 0 Å². The van der Waals surface area contributed by atoms with E-state index in [4.69, 9.17) is 11.5 Å². The van der Waals surface area contributed by atoms with E-state index in [-0.39, 0.29) is 0 Å². The molecule has 0 unspecified atom stereocenters. The Balaban J connectivity index is 2.01. The molecule has 2 aromatic rings. The predicted molar refractivity (Wildman–Crippen MR) is 182 cm³/mol. The molecule has 0 fully saturated rings. The van der Waals surface area contributed by atoms with Crippen molar-refractivity contribution in [1.82, 2.24) is 9.80 Å². The highest BCUT2D eigenvalue weighted by Crippen LogP contribution is 2.20. The largest absolute Gasteiger partial charge is 0.351 e. The van der Waals surface area contributed by atoms with Crippen LogP contribution in [-0.4, -0.2) is 74.2 Å². The number of hydrogen-bond acceptors (Lipinski definition) is 4. The summed E-state index contributed by atoms with van der Waals surface area (Å²) < 4.78 is 0. The summed E-state index contributed by atoms with van der Waals surface area (Å²) in [5.41, 5.74) is 15.5. The van der Waals surface area contributed by atoms with Crippen molar-refractivity contribution in [3.63, 3.8) is 0 Å². The van der Waals surface area contributed by atoms with Gasteiger partial charge in [0.1, 0.15) is 0 Å². The van der Waals surface area contributed by atoms with Gasteiger partial charge in [-0.2, -0.15) is 0 Å². The maximum Gasteiger partial charge on any atom is 0.319 e. The number of hydrogen-bond donors (Lipinski definition) is 2. The number of amides is 4. The summed E-state index contributed by atoms with van der Waals surface area (Å²) in [6, 6.07) is 15.3. The molecule has 8 nitrogen and oxygen atoms in total. The van der Waals surface area contributed by atoms with Crippen molar-refractivity contribution in [1.29, 1.82) is 0 Å². The minimum Gasteiger partial charge on any atom is -0.351 e. The van der Waals surface area contributed by atoms with Crippen LogP contribution in [0.4, 0.5) is 21.0 Å². The molecule has 43 heavy (non-hydrogen) atoms.